The number of aromatic nitrogens is 2. The van der Waals surface area contributed by atoms with Crippen molar-refractivity contribution in [2.75, 3.05) is 19.0 Å². The van der Waals surface area contributed by atoms with E-state index >= 15 is 0 Å². The minimum absolute atomic E-state index is 0.00900. The Balaban J connectivity index is 2.00. The fourth-order valence-corrected chi connectivity index (χ4v) is 4.60. The van der Waals surface area contributed by atoms with Gasteiger partial charge in [-0.1, -0.05) is 0 Å². The molecule has 1 aliphatic heterocycles. The number of hydrogen-bond donors (Lipinski definition) is 0. The van der Waals surface area contributed by atoms with Crippen molar-refractivity contribution < 1.29 is 13.2 Å². The molecule has 0 radical (unpaired) electrons. The van der Waals surface area contributed by atoms with E-state index in [-0.39, 0.29) is 17.4 Å². The van der Waals surface area contributed by atoms with Crippen LogP contribution >= 0.6 is 15.9 Å². The fourth-order valence-electron chi connectivity index (χ4n) is 2.17. The van der Waals surface area contributed by atoms with Crippen LogP contribution in [0.2, 0.25) is 0 Å². The zero-order valence-corrected chi connectivity index (χ0v) is 12.7. The third-order valence-corrected chi connectivity index (χ3v) is 5.31. The number of rotatable bonds is 4. The molecule has 0 spiro atoms. The number of nitrogens with zero attached hydrogens (tertiary/aromatic N) is 2. The Hall–Kier alpha value is -0.400. The van der Waals surface area contributed by atoms with Gasteiger partial charge in [0.1, 0.15) is 0 Å². The van der Waals surface area contributed by atoms with Gasteiger partial charge in [0.05, 0.1) is 28.3 Å². The predicted octanol–water partition coefficient (Wildman–Crippen LogP) is 1.52. The molecular weight excluding hydrogens is 320 g/mol. The maximum absolute atomic E-state index is 12.1. The molecule has 0 aliphatic carbocycles. The molecule has 18 heavy (non-hydrogen) atoms. The fraction of sp³-hybridized carbons (Fsp3) is 0.727. The lowest BCUT2D eigenvalue weighted by Gasteiger charge is -2.21. The van der Waals surface area contributed by atoms with E-state index in [1.807, 2.05) is 0 Å². The molecule has 0 aromatic carbocycles. The van der Waals surface area contributed by atoms with Crippen molar-refractivity contribution in [2.24, 2.45) is 13.0 Å². The van der Waals surface area contributed by atoms with Gasteiger partial charge in [0.2, 0.25) is 0 Å². The molecule has 0 saturated carbocycles. The molecule has 102 valence electrons. The number of ether oxygens (including phenoxy) is 1. The third-order valence-electron chi connectivity index (χ3n) is 2.96. The third kappa shape index (κ3) is 3.80. The topological polar surface area (TPSA) is 61.2 Å². The van der Waals surface area contributed by atoms with E-state index in [1.54, 1.807) is 17.9 Å². The quantitative estimate of drug-likeness (QED) is 0.836. The summed E-state index contributed by atoms with van der Waals surface area (Å²) in [7, 11) is -1.36. The summed E-state index contributed by atoms with van der Waals surface area (Å²) in [4.78, 5) is 0. The minimum Gasteiger partial charge on any atom is -0.381 e. The van der Waals surface area contributed by atoms with Crippen molar-refractivity contribution in [3.05, 3.63) is 16.4 Å². The monoisotopic (exact) mass is 336 g/mol. The van der Waals surface area contributed by atoms with Crippen LogP contribution in [-0.2, 0) is 27.4 Å². The first-order chi connectivity index (χ1) is 8.46. The van der Waals surface area contributed by atoms with Gasteiger partial charge in [0.25, 0.3) is 0 Å². The Bertz CT molecular complexity index is 506. The van der Waals surface area contributed by atoms with E-state index in [9.17, 15) is 8.42 Å². The number of halogens is 1. The van der Waals surface area contributed by atoms with E-state index in [0.29, 0.717) is 12.3 Å². The smallest absolute Gasteiger partial charge is 0.156 e. The van der Waals surface area contributed by atoms with Crippen molar-refractivity contribution in [1.82, 2.24) is 9.78 Å². The van der Waals surface area contributed by atoms with Gasteiger partial charge in [-0.3, -0.25) is 4.68 Å². The molecule has 1 atom stereocenters. The lowest BCUT2D eigenvalue weighted by Crippen LogP contribution is -2.26. The summed E-state index contributed by atoms with van der Waals surface area (Å²) < 4.78 is 31.9. The summed E-state index contributed by atoms with van der Waals surface area (Å²) in [5, 5.41) is 4.15. The number of hydrogen-bond acceptors (Lipinski definition) is 4. The van der Waals surface area contributed by atoms with E-state index in [4.69, 9.17) is 4.74 Å². The van der Waals surface area contributed by atoms with Crippen LogP contribution < -0.4 is 0 Å². The molecule has 1 unspecified atom stereocenters. The standard InChI is InChI=1S/C11H17BrN2O3S/c1-14-5-10(12)11(13-14)8-18(15,16)7-9-3-2-4-17-6-9/h5,9H,2-4,6-8H2,1H3. The van der Waals surface area contributed by atoms with E-state index in [0.717, 1.165) is 23.9 Å². The van der Waals surface area contributed by atoms with Crippen LogP contribution in [0.25, 0.3) is 0 Å². The summed E-state index contributed by atoms with van der Waals surface area (Å²) in [5.74, 6) is 0.312. The molecule has 1 saturated heterocycles. The van der Waals surface area contributed by atoms with Crippen molar-refractivity contribution in [1.29, 1.82) is 0 Å². The second kappa shape index (κ2) is 5.71. The van der Waals surface area contributed by atoms with Gasteiger partial charge in [-0.15, -0.1) is 0 Å². The Kier molecular flexibility index (Phi) is 4.45. The largest absolute Gasteiger partial charge is 0.381 e. The second-order valence-corrected chi connectivity index (χ2v) is 7.70. The maximum Gasteiger partial charge on any atom is 0.156 e. The highest BCUT2D eigenvalue weighted by Crippen LogP contribution is 2.21. The first-order valence-electron chi connectivity index (χ1n) is 5.92. The summed E-state index contributed by atoms with van der Waals surface area (Å²) in [5.41, 5.74) is 0.578. The molecule has 1 aromatic rings. The Morgan fingerprint density at radius 3 is 2.94 bits per heavy atom. The van der Waals surface area contributed by atoms with Crippen LogP contribution in [0.15, 0.2) is 10.7 Å². The van der Waals surface area contributed by atoms with Gasteiger partial charge in [-0.2, -0.15) is 5.10 Å². The van der Waals surface area contributed by atoms with Crippen LogP contribution in [0.5, 0.6) is 0 Å². The van der Waals surface area contributed by atoms with Gasteiger partial charge in [-0.25, -0.2) is 8.42 Å². The molecule has 2 heterocycles. The van der Waals surface area contributed by atoms with Gasteiger partial charge in [0, 0.05) is 19.9 Å². The average Bonchev–Trinajstić information content (AvgIpc) is 2.57. The van der Waals surface area contributed by atoms with E-state index in [1.165, 1.54) is 0 Å². The molecule has 7 heteroatoms. The van der Waals surface area contributed by atoms with Gasteiger partial charge >= 0.3 is 0 Å². The Labute approximate surface area is 116 Å². The second-order valence-electron chi connectivity index (χ2n) is 4.74. The van der Waals surface area contributed by atoms with Gasteiger partial charge in [0.15, 0.2) is 9.84 Å². The summed E-state index contributed by atoms with van der Waals surface area (Å²) in [6.07, 6.45) is 3.64. The van der Waals surface area contributed by atoms with Crippen molar-refractivity contribution in [3.63, 3.8) is 0 Å². The highest BCUT2D eigenvalue weighted by Gasteiger charge is 2.23. The van der Waals surface area contributed by atoms with E-state index in [2.05, 4.69) is 21.0 Å². The van der Waals surface area contributed by atoms with E-state index < -0.39 is 9.84 Å². The van der Waals surface area contributed by atoms with Crippen LogP contribution in [0.1, 0.15) is 18.5 Å². The van der Waals surface area contributed by atoms with Crippen LogP contribution in [-0.4, -0.2) is 37.2 Å². The summed E-state index contributed by atoms with van der Waals surface area (Å²) >= 11 is 3.32. The van der Waals surface area contributed by atoms with Crippen LogP contribution in [0, 0.1) is 5.92 Å². The SMILES string of the molecule is Cn1cc(Br)c(CS(=O)(=O)CC2CCCOC2)n1. The summed E-state index contributed by atoms with van der Waals surface area (Å²) in [6, 6.07) is 0. The molecule has 1 aromatic heterocycles. The zero-order chi connectivity index (χ0) is 13.2. The number of aryl methyl sites for hydroxylation is 1. The first kappa shape index (κ1) is 14.0. The zero-order valence-electron chi connectivity index (χ0n) is 10.3. The van der Waals surface area contributed by atoms with Gasteiger partial charge < -0.3 is 4.74 Å². The molecule has 5 nitrogen and oxygen atoms in total. The minimum atomic E-state index is -3.13. The van der Waals surface area contributed by atoms with Crippen LogP contribution in [0.3, 0.4) is 0 Å². The van der Waals surface area contributed by atoms with Gasteiger partial charge in [-0.05, 0) is 34.7 Å². The molecule has 0 bridgehead atoms. The van der Waals surface area contributed by atoms with Crippen LogP contribution in [0.4, 0.5) is 0 Å². The van der Waals surface area contributed by atoms with Crippen molar-refractivity contribution >= 4 is 25.8 Å². The highest BCUT2D eigenvalue weighted by molar-refractivity contribution is 9.10. The molecule has 0 amide bonds. The first-order valence-corrected chi connectivity index (χ1v) is 8.54. The molecule has 1 fully saturated rings. The highest BCUT2D eigenvalue weighted by atomic mass is 79.9. The van der Waals surface area contributed by atoms with Crippen molar-refractivity contribution in [2.45, 2.75) is 18.6 Å². The molecule has 2 rings (SSSR count). The maximum atomic E-state index is 12.1. The molecule has 1 aliphatic rings. The predicted molar refractivity (Wildman–Crippen MR) is 71.9 cm³/mol. The molecular formula is C11H17BrN2O3S. The average molecular weight is 337 g/mol. The molecule has 0 N–H and O–H groups in total. The number of sulfone groups is 1. The Morgan fingerprint density at radius 1 is 1.61 bits per heavy atom. The lowest BCUT2D eigenvalue weighted by atomic mass is 10.1. The normalized spacial score (nSPS) is 21.1. The summed E-state index contributed by atoms with van der Waals surface area (Å²) in [6.45, 7) is 1.31. The Morgan fingerprint density at radius 2 is 2.39 bits per heavy atom. The van der Waals surface area contributed by atoms with Crippen molar-refractivity contribution in [3.8, 4) is 0 Å². The lowest BCUT2D eigenvalue weighted by molar-refractivity contribution is 0.0626.